The Kier molecular flexibility index (Phi) is 3.99. The fourth-order valence-corrected chi connectivity index (χ4v) is 2.43. The van der Waals surface area contributed by atoms with E-state index < -0.39 is 17.2 Å². The molecule has 2 aromatic carbocycles. The second-order valence-electron chi connectivity index (χ2n) is 5.12. The van der Waals surface area contributed by atoms with E-state index in [2.05, 4.69) is 10.4 Å². The topological polar surface area (TPSA) is 73.2 Å². The quantitative estimate of drug-likeness (QED) is 0.801. The maximum atomic E-state index is 13.4. The predicted octanol–water partition coefficient (Wildman–Crippen LogP) is 2.33. The minimum Gasteiger partial charge on any atom is -0.495 e. The molecule has 7 heteroatoms. The first-order valence-corrected chi connectivity index (χ1v) is 7.12. The van der Waals surface area contributed by atoms with Crippen molar-refractivity contribution in [2.24, 2.45) is 7.05 Å². The van der Waals surface area contributed by atoms with E-state index in [9.17, 15) is 14.0 Å². The number of anilines is 1. The molecular weight excluding hydrogens is 313 g/mol. The van der Waals surface area contributed by atoms with E-state index in [4.69, 9.17) is 4.74 Å². The first-order chi connectivity index (χ1) is 11.5. The lowest BCUT2D eigenvalue weighted by Gasteiger charge is -2.11. The molecule has 1 amide bonds. The molecule has 3 aromatic rings. The number of halogens is 1. The van der Waals surface area contributed by atoms with Gasteiger partial charge in [-0.1, -0.05) is 12.1 Å². The normalized spacial score (nSPS) is 10.6. The molecule has 0 atom stereocenters. The SMILES string of the molecule is COc1ccccc1NC(=O)c1nn(C)c2ccc(F)cc2c1=O. The molecular formula is C17H14FN3O3. The molecule has 6 nitrogen and oxygen atoms in total. The van der Waals surface area contributed by atoms with Gasteiger partial charge in [0.15, 0.2) is 5.69 Å². The molecule has 0 radical (unpaired) electrons. The third-order valence-electron chi connectivity index (χ3n) is 3.59. The molecule has 0 saturated heterocycles. The maximum Gasteiger partial charge on any atom is 0.280 e. The van der Waals surface area contributed by atoms with Gasteiger partial charge in [-0.05, 0) is 30.3 Å². The number of nitrogens with zero attached hydrogens (tertiary/aromatic N) is 2. The van der Waals surface area contributed by atoms with Gasteiger partial charge in [0.25, 0.3) is 5.91 Å². The van der Waals surface area contributed by atoms with Crippen molar-refractivity contribution < 1.29 is 13.9 Å². The lowest BCUT2D eigenvalue weighted by Crippen LogP contribution is -2.26. The highest BCUT2D eigenvalue weighted by atomic mass is 19.1. The number of fused-ring (bicyclic) bond motifs is 1. The molecule has 3 rings (SSSR count). The maximum absolute atomic E-state index is 13.4. The van der Waals surface area contributed by atoms with Crippen molar-refractivity contribution in [3.05, 3.63) is 64.2 Å². The number of carbonyl (C=O) groups is 1. The fraction of sp³-hybridized carbons (Fsp3) is 0.118. The van der Waals surface area contributed by atoms with Gasteiger partial charge in [0.05, 0.1) is 23.7 Å². The van der Waals surface area contributed by atoms with Crippen LogP contribution < -0.4 is 15.5 Å². The highest BCUT2D eigenvalue weighted by molar-refractivity contribution is 6.05. The highest BCUT2D eigenvalue weighted by Gasteiger charge is 2.18. The summed E-state index contributed by atoms with van der Waals surface area (Å²) in [6.45, 7) is 0. The zero-order valence-corrected chi connectivity index (χ0v) is 13.0. The zero-order chi connectivity index (χ0) is 17.3. The van der Waals surface area contributed by atoms with Crippen molar-refractivity contribution in [3.8, 4) is 5.75 Å². The summed E-state index contributed by atoms with van der Waals surface area (Å²) in [6, 6.07) is 10.6. The number of methoxy groups -OCH3 is 1. The van der Waals surface area contributed by atoms with Gasteiger partial charge in [-0.3, -0.25) is 14.3 Å². The molecule has 0 aliphatic heterocycles. The minimum absolute atomic E-state index is 0.0951. The van der Waals surface area contributed by atoms with E-state index in [1.54, 1.807) is 31.3 Å². The highest BCUT2D eigenvalue weighted by Crippen LogP contribution is 2.23. The van der Waals surface area contributed by atoms with Crippen LogP contribution in [0.5, 0.6) is 5.75 Å². The molecule has 122 valence electrons. The summed E-state index contributed by atoms with van der Waals surface area (Å²) >= 11 is 0. The van der Waals surface area contributed by atoms with Gasteiger partial charge < -0.3 is 10.1 Å². The minimum atomic E-state index is -0.689. The molecule has 1 heterocycles. The number of hydrogen-bond donors (Lipinski definition) is 1. The number of para-hydroxylation sites is 2. The van der Waals surface area contributed by atoms with Crippen LogP contribution in [0.15, 0.2) is 47.3 Å². The van der Waals surface area contributed by atoms with E-state index in [-0.39, 0.29) is 11.1 Å². The fourth-order valence-electron chi connectivity index (χ4n) is 2.43. The van der Waals surface area contributed by atoms with Crippen LogP contribution in [-0.2, 0) is 7.05 Å². The number of carbonyl (C=O) groups excluding carboxylic acids is 1. The average molecular weight is 327 g/mol. The summed E-state index contributed by atoms with van der Waals surface area (Å²) in [7, 11) is 3.06. The molecule has 0 unspecified atom stereocenters. The molecule has 1 N–H and O–H groups in total. The van der Waals surface area contributed by atoms with E-state index >= 15 is 0 Å². The zero-order valence-electron chi connectivity index (χ0n) is 13.0. The van der Waals surface area contributed by atoms with Crippen LogP contribution in [0.3, 0.4) is 0 Å². The Hall–Kier alpha value is -3.22. The standard InChI is InChI=1S/C17H14FN3O3/c1-21-13-8-7-10(18)9-11(13)16(22)15(20-21)17(23)19-12-5-3-4-6-14(12)24-2/h3-9H,1-2H3,(H,19,23). The number of aromatic nitrogens is 2. The molecule has 0 spiro atoms. The van der Waals surface area contributed by atoms with Gasteiger partial charge >= 0.3 is 0 Å². The van der Waals surface area contributed by atoms with Gasteiger partial charge in [-0.25, -0.2) is 4.39 Å². The Morgan fingerprint density at radius 1 is 1.25 bits per heavy atom. The smallest absolute Gasteiger partial charge is 0.280 e. The van der Waals surface area contributed by atoms with Gasteiger partial charge in [-0.2, -0.15) is 5.10 Å². The van der Waals surface area contributed by atoms with Crippen LogP contribution in [0.2, 0.25) is 0 Å². The van der Waals surface area contributed by atoms with Crippen LogP contribution in [0.1, 0.15) is 10.5 Å². The number of ether oxygens (including phenoxy) is 1. The molecule has 0 aliphatic carbocycles. The first-order valence-electron chi connectivity index (χ1n) is 7.12. The number of benzene rings is 2. The van der Waals surface area contributed by atoms with Crippen molar-refractivity contribution >= 4 is 22.5 Å². The van der Waals surface area contributed by atoms with Gasteiger partial charge in [0.1, 0.15) is 11.6 Å². The number of amides is 1. The number of aryl methyl sites for hydroxylation is 1. The van der Waals surface area contributed by atoms with Crippen LogP contribution in [0.25, 0.3) is 10.9 Å². The Balaban J connectivity index is 2.07. The number of hydrogen-bond acceptors (Lipinski definition) is 4. The molecule has 0 aliphatic rings. The van der Waals surface area contributed by atoms with Crippen molar-refractivity contribution in [1.29, 1.82) is 0 Å². The third-order valence-corrected chi connectivity index (χ3v) is 3.59. The molecule has 0 saturated carbocycles. The summed E-state index contributed by atoms with van der Waals surface area (Å²) in [5, 5.41) is 6.70. The summed E-state index contributed by atoms with van der Waals surface area (Å²) in [5.41, 5.74) is -0.0973. The summed E-state index contributed by atoms with van der Waals surface area (Å²) in [6.07, 6.45) is 0. The Labute approximate surface area is 136 Å². The Morgan fingerprint density at radius 2 is 2.00 bits per heavy atom. The second kappa shape index (κ2) is 6.11. The third kappa shape index (κ3) is 2.71. The second-order valence-corrected chi connectivity index (χ2v) is 5.12. The van der Waals surface area contributed by atoms with Crippen LogP contribution in [-0.4, -0.2) is 22.8 Å². The molecule has 0 bridgehead atoms. The summed E-state index contributed by atoms with van der Waals surface area (Å²) in [5.74, 6) is -0.789. The molecule has 1 aromatic heterocycles. The lowest BCUT2D eigenvalue weighted by atomic mass is 10.2. The molecule has 0 fully saturated rings. The van der Waals surface area contributed by atoms with Gasteiger partial charge in [0.2, 0.25) is 5.43 Å². The number of rotatable bonds is 3. The van der Waals surface area contributed by atoms with Crippen LogP contribution in [0, 0.1) is 5.82 Å². The average Bonchev–Trinajstić information content (AvgIpc) is 2.58. The first kappa shape index (κ1) is 15.7. The van der Waals surface area contributed by atoms with E-state index in [1.165, 1.54) is 23.9 Å². The van der Waals surface area contributed by atoms with E-state index in [0.717, 1.165) is 6.07 Å². The lowest BCUT2D eigenvalue weighted by molar-refractivity contribution is 0.101. The van der Waals surface area contributed by atoms with Crippen molar-refractivity contribution in [2.75, 3.05) is 12.4 Å². The monoisotopic (exact) mass is 327 g/mol. The Bertz CT molecular complexity index is 998. The van der Waals surface area contributed by atoms with E-state index in [0.29, 0.717) is 17.0 Å². The van der Waals surface area contributed by atoms with Crippen molar-refractivity contribution in [3.63, 3.8) is 0 Å². The predicted molar refractivity (Wildman–Crippen MR) is 87.9 cm³/mol. The van der Waals surface area contributed by atoms with Crippen LogP contribution in [0.4, 0.5) is 10.1 Å². The summed E-state index contributed by atoms with van der Waals surface area (Å²) < 4.78 is 20.0. The largest absolute Gasteiger partial charge is 0.495 e. The van der Waals surface area contributed by atoms with Crippen LogP contribution >= 0.6 is 0 Å². The number of nitrogens with one attached hydrogen (secondary N) is 1. The van der Waals surface area contributed by atoms with Gasteiger partial charge in [0, 0.05) is 7.05 Å². The Morgan fingerprint density at radius 3 is 2.75 bits per heavy atom. The van der Waals surface area contributed by atoms with Crippen molar-refractivity contribution in [1.82, 2.24) is 9.78 Å². The van der Waals surface area contributed by atoms with Crippen molar-refractivity contribution in [2.45, 2.75) is 0 Å². The molecule has 24 heavy (non-hydrogen) atoms. The van der Waals surface area contributed by atoms with E-state index in [1.807, 2.05) is 0 Å². The van der Waals surface area contributed by atoms with Gasteiger partial charge in [-0.15, -0.1) is 0 Å². The summed E-state index contributed by atoms with van der Waals surface area (Å²) in [4.78, 5) is 24.9.